The summed E-state index contributed by atoms with van der Waals surface area (Å²) in [4.78, 5) is 32.9. The highest BCUT2D eigenvalue weighted by Crippen LogP contribution is 2.26. The lowest BCUT2D eigenvalue weighted by atomic mass is 10.2. The number of anilines is 1. The van der Waals surface area contributed by atoms with E-state index in [0.29, 0.717) is 17.9 Å². The summed E-state index contributed by atoms with van der Waals surface area (Å²) in [5.41, 5.74) is 0.842. The molecule has 1 unspecified atom stereocenters. The molecule has 0 saturated carbocycles. The molecule has 3 rings (SSSR count). The van der Waals surface area contributed by atoms with Crippen LogP contribution in [0.4, 0.5) is 13.9 Å². The van der Waals surface area contributed by atoms with E-state index in [2.05, 4.69) is 15.3 Å². The van der Waals surface area contributed by atoms with Crippen LogP contribution in [0.5, 0.6) is 5.88 Å². The van der Waals surface area contributed by atoms with Crippen molar-refractivity contribution in [1.82, 2.24) is 9.97 Å². The van der Waals surface area contributed by atoms with Gasteiger partial charge in [-0.05, 0) is 44.2 Å². The molecule has 30 heavy (non-hydrogen) atoms. The number of thiazole rings is 1. The summed E-state index contributed by atoms with van der Waals surface area (Å²) in [6.07, 6.45) is 0.355. The molecule has 2 heterocycles. The van der Waals surface area contributed by atoms with Gasteiger partial charge in [-0.1, -0.05) is 0 Å². The predicted molar refractivity (Wildman–Crippen MR) is 106 cm³/mol. The molecule has 1 amide bonds. The number of nitrogens with zero attached hydrogens (tertiary/aromatic N) is 2. The Kier molecular flexibility index (Phi) is 6.68. The van der Waals surface area contributed by atoms with Gasteiger partial charge in [-0.3, -0.25) is 10.1 Å². The van der Waals surface area contributed by atoms with Crippen LogP contribution in [0.2, 0.25) is 0 Å². The van der Waals surface area contributed by atoms with Gasteiger partial charge in [0.1, 0.15) is 5.56 Å². The number of pyridine rings is 1. The summed E-state index contributed by atoms with van der Waals surface area (Å²) in [7, 11) is 0. The number of benzene rings is 1. The zero-order chi connectivity index (χ0) is 21.7. The fraction of sp³-hybridized carbons (Fsp3) is 0.200. The van der Waals surface area contributed by atoms with Crippen molar-refractivity contribution in [1.29, 1.82) is 0 Å². The van der Waals surface area contributed by atoms with Crippen LogP contribution in [0.25, 0.3) is 11.3 Å². The Hall–Kier alpha value is -3.40. The van der Waals surface area contributed by atoms with Gasteiger partial charge >= 0.3 is 5.97 Å². The van der Waals surface area contributed by atoms with E-state index >= 15 is 0 Å². The molecule has 10 heteroatoms. The highest BCUT2D eigenvalue weighted by molar-refractivity contribution is 7.14. The Morgan fingerprint density at radius 2 is 2.03 bits per heavy atom. The Labute approximate surface area is 174 Å². The van der Waals surface area contributed by atoms with Crippen LogP contribution >= 0.6 is 11.3 Å². The minimum Gasteiger partial charge on any atom is -0.477 e. The molecule has 7 nitrogen and oxygen atoms in total. The molecule has 0 spiro atoms. The molecular weight excluding hydrogens is 416 g/mol. The summed E-state index contributed by atoms with van der Waals surface area (Å²) in [6, 6.07) is 6.44. The van der Waals surface area contributed by atoms with Crippen molar-refractivity contribution in [2.45, 2.75) is 20.0 Å². The van der Waals surface area contributed by atoms with Gasteiger partial charge in [0.2, 0.25) is 5.88 Å². The SMILES string of the molecule is CCOc1ncccc1C(=O)OC(C)C(=O)Nc1nc(-c2ccc(F)c(F)c2)cs1. The van der Waals surface area contributed by atoms with Gasteiger partial charge in [0.05, 0.1) is 12.3 Å². The number of nitrogens with one attached hydrogen (secondary N) is 1. The fourth-order valence-electron chi connectivity index (χ4n) is 2.40. The quantitative estimate of drug-likeness (QED) is 0.565. The maximum Gasteiger partial charge on any atom is 0.344 e. The topological polar surface area (TPSA) is 90.4 Å². The van der Waals surface area contributed by atoms with Gasteiger partial charge in [0.15, 0.2) is 22.9 Å². The van der Waals surface area contributed by atoms with E-state index in [1.54, 1.807) is 18.4 Å². The number of esters is 1. The first-order chi connectivity index (χ1) is 14.4. The molecule has 0 radical (unpaired) electrons. The molecule has 1 atom stereocenters. The van der Waals surface area contributed by atoms with Gasteiger partial charge in [-0.15, -0.1) is 11.3 Å². The van der Waals surface area contributed by atoms with E-state index in [9.17, 15) is 18.4 Å². The first kappa shape index (κ1) is 21.3. The molecule has 0 aliphatic heterocycles. The first-order valence-corrected chi connectivity index (χ1v) is 9.77. The Morgan fingerprint density at radius 3 is 2.77 bits per heavy atom. The maximum absolute atomic E-state index is 13.4. The van der Waals surface area contributed by atoms with Crippen molar-refractivity contribution in [2.75, 3.05) is 11.9 Å². The summed E-state index contributed by atoms with van der Waals surface area (Å²) in [6.45, 7) is 3.48. The van der Waals surface area contributed by atoms with Crippen LogP contribution in [0.3, 0.4) is 0 Å². The lowest BCUT2D eigenvalue weighted by Crippen LogP contribution is -2.30. The summed E-state index contributed by atoms with van der Waals surface area (Å²) < 4.78 is 36.9. The Balaban J connectivity index is 1.64. The highest BCUT2D eigenvalue weighted by atomic mass is 32.1. The molecule has 156 valence electrons. The van der Waals surface area contributed by atoms with Gasteiger partial charge in [0, 0.05) is 17.1 Å². The molecule has 0 aliphatic rings. The molecule has 2 aromatic heterocycles. The number of hydrogen-bond acceptors (Lipinski definition) is 7. The molecular formula is C20H17F2N3O4S. The molecule has 0 saturated heterocycles. The van der Waals surface area contributed by atoms with Crippen molar-refractivity contribution < 1.29 is 27.8 Å². The second-order valence-electron chi connectivity index (χ2n) is 5.99. The van der Waals surface area contributed by atoms with Crippen LogP contribution in [-0.2, 0) is 9.53 Å². The molecule has 0 aliphatic carbocycles. The highest BCUT2D eigenvalue weighted by Gasteiger charge is 2.23. The number of hydrogen-bond donors (Lipinski definition) is 1. The molecule has 0 bridgehead atoms. The third-order valence-corrected chi connectivity index (χ3v) is 4.63. The number of halogens is 2. The average molecular weight is 433 g/mol. The van der Waals surface area contributed by atoms with Crippen LogP contribution in [0.1, 0.15) is 24.2 Å². The summed E-state index contributed by atoms with van der Waals surface area (Å²) >= 11 is 1.09. The second kappa shape index (κ2) is 9.40. The number of aromatic nitrogens is 2. The normalized spacial score (nSPS) is 11.6. The van der Waals surface area contributed by atoms with Crippen LogP contribution < -0.4 is 10.1 Å². The number of ether oxygens (including phenoxy) is 2. The Morgan fingerprint density at radius 1 is 1.23 bits per heavy atom. The van der Waals surface area contributed by atoms with Gasteiger partial charge in [-0.25, -0.2) is 23.5 Å². The number of carbonyl (C=O) groups excluding carboxylic acids is 2. The van der Waals surface area contributed by atoms with E-state index in [1.807, 2.05) is 0 Å². The zero-order valence-electron chi connectivity index (χ0n) is 16.0. The summed E-state index contributed by atoms with van der Waals surface area (Å²) in [5, 5.41) is 4.34. The minimum atomic E-state index is -1.12. The first-order valence-electron chi connectivity index (χ1n) is 8.89. The van der Waals surface area contributed by atoms with Crippen molar-refractivity contribution in [2.24, 2.45) is 0 Å². The minimum absolute atomic E-state index is 0.105. The third kappa shape index (κ3) is 4.95. The molecule has 1 aromatic carbocycles. The lowest BCUT2D eigenvalue weighted by Gasteiger charge is -2.13. The van der Waals surface area contributed by atoms with Crippen molar-refractivity contribution in [3.63, 3.8) is 0 Å². The summed E-state index contributed by atoms with van der Waals surface area (Å²) in [5.74, 6) is -3.19. The standard InChI is InChI=1S/C20H17F2N3O4S/c1-3-28-18-13(5-4-8-23-18)19(27)29-11(2)17(26)25-20-24-16(10-30-20)12-6-7-14(21)15(22)9-12/h4-11H,3H2,1-2H3,(H,24,25,26). The van der Waals surface area contributed by atoms with Crippen LogP contribution in [0.15, 0.2) is 41.9 Å². The molecule has 3 aromatic rings. The second-order valence-corrected chi connectivity index (χ2v) is 6.85. The smallest absolute Gasteiger partial charge is 0.344 e. The largest absolute Gasteiger partial charge is 0.477 e. The van der Waals surface area contributed by atoms with Crippen LogP contribution in [0, 0.1) is 11.6 Å². The number of amides is 1. The van der Waals surface area contributed by atoms with Crippen molar-refractivity contribution in [3.8, 4) is 17.1 Å². The van der Waals surface area contributed by atoms with Crippen LogP contribution in [-0.4, -0.2) is 34.6 Å². The number of carbonyl (C=O) groups is 2. The van der Waals surface area contributed by atoms with Gasteiger partial charge in [-0.2, -0.15) is 0 Å². The van der Waals surface area contributed by atoms with E-state index in [-0.39, 0.29) is 16.6 Å². The zero-order valence-corrected chi connectivity index (χ0v) is 16.8. The number of rotatable bonds is 7. The van der Waals surface area contributed by atoms with E-state index in [0.717, 1.165) is 23.5 Å². The average Bonchev–Trinajstić information content (AvgIpc) is 3.19. The van der Waals surface area contributed by atoms with Crippen molar-refractivity contribution >= 4 is 28.3 Å². The van der Waals surface area contributed by atoms with E-state index in [4.69, 9.17) is 9.47 Å². The Bertz CT molecular complexity index is 1070. The fourth-order valence-corrected chi connectivity index (χ4v) is 3.12. The lowest BCUT2D eigenvalue weighted by molar-refractivity contribution is -0.123. The molecule has 1 N–H and O–H groups in total. The van der Waals surface area contributed by atoms with E-state index < -0.39 is 29.6 Å². The maximum atomic E-state index is 13.4. The van der Waals surface area contributed by atoms with Gasteiger partial charge in [0.25, 0.3) is 5.91 Å². The van der Waals surface area contributed by atoms with E-state index in [1.165, 1.54) is 25.3 Å². The predicted octanol–water partition coefficient (Wildman–Crippen LogP) is 4.07. The monoisotopic (exact) mass is 433 g/mol. The van der Waals surface area contributed by atoms with Gasteiger partial charge < -0.3 is 9.47 Å². The molecule has 0 fully saturated rings. The van der Waals surface area contributed by atoms with Crippen molar-refractivity contribution in [3.05, 3.63) is 59.1 Å². The third-order valence-electron chi connectivity index (χ3n) is 3.87.